The Morgan fingerprint density at radius 1 is 1.11 bits per heavy atom. The van der Waals surface area contributed by atoms with Gasteiger partial charge in [-0.15, -0.1) is 0 Å². The molecule has 0 radical (unpaired) electrons. The van der Waals surface area contributed by atoms with E-state index < -0.39 is 0 Å². The maximum absolute atomic E-state index is 12.0. The molecule has 0 bridgehead atoms. The summed E-state index contributed by atoms with van der Waals surface area (Å²) < 4.78 is 0.664. The normalized spacial score (nSPS) is 10.3. The van der Waals surface area contributed by atoms with Crippen molar-refractivity contribution in [1.29, 1.82) is 0 Å². The van der Waals surface area contributed by atoms with Gasteiger partial charge in [-0.25, -0.2) is 0 Å². The minimum absolute atomic E-state index is 0.251. The Morgan fingerprint density at radius 3 is 2.42 bits per heavy atom. The molecule has 0 saturated heterocycles. The van der Waals surface area contributed by atoms with Crippen molar-refractivity contribution in [3.63, 3.8) is 0 Å². The maximum atomic E-state index is 12.0. The standard InChI is InChI=1S/C13H9BrCl2N2O/c14-9-5-7(1-3-10(9)15)13(19)18-8-2-4-11(16)12(17)6-8/h1-6H,17H2,(H,18,19). The van der Waals surface area contributed by atoms with Gasteiger partial charge in [0.25, 0.3) is 5.91 Å². The molecule has 2 aromatic carbocycles. The second kappa shape index (κ2) is 5.82. The average molecular weight is 360 g/mol. The summed E-state index contributed by atoms with van der Waals surface area (Å²) in [6.07, 6.45) is 0. The maximum Gasteiger partial charge on any atom is 0.255 e. The van der Waals surface area contributed by atoms with Gasteiger partial charge in [0.2, 0.25) is 0 Å². The highest BCUT2D eigenvalue weighted by molar-refractivity contribution is 9.10. The molecule has 2 rings (SSSR count). The van der Waals surface area contributed by atoms with Crippen LogP contribution in [-0.4, -0.2) is 5.91 Å². The van der Waals surface area contributed by atoms with Gasteiger partial charge in [0.05, 0.1) is 15.7 Å². The molecule has 3 nitrogen and oxygen atoms in total. The number of nitrogens with two attached hydrogens (primary N) is 1. The fraction of sp³-hybridized carbons (Fsp3) is 0. The molecule has 0 aliphatic carbocycles. The molecule has 0 heterocycles. The smallest absolute Gasteiger partial charge is 0.255 e. The molecule has 0 atom stereocenters. The molecule has 0 saturated carbocycles. The number of carbonyl (C=O) groups excluding carboxylic acids is 1. The quantitative estimate of drug-likeness (QED) is 0.770. The van der Waals surface area contributed by atoms with Gasteiger partial charge < -0.3 is 11.1 Å². The number of halogens is 3. The van der Waals surface area contributed by atoms with E-state index in [-0.39, 0.29) is 5.91 Å². The number of benzene rings is 2. The number of rotatable bonds is 2. The lowest BCUT2D eigenvalue weighted by atomic mass is 10.2. The minimum atomic E-state index is -0.251. The molecule has 0 unspecified atom stereocenters. The van der Waals surface area contributed by atoms with Crippen LogP contribution in [0.4, 0.5) is 11.4 Å². The first-order valence-electron chi connectivity index (χ1n) is 5.29. The summed E-state index contributed by atoms with van der Waals surface area (Å²) in [6.45, 7) is 0. The zero-order valence-electron chi connectivity index (χ0n) is 9.58. The lowest BCUT2D eigenvalue weighted by Crippen LogP contribution is -2.12. The fourth-order valence-corrected chi connectivity index (χ4v) is 2.08. The van der Waals surface area contributed by atoms with Crippen LogP contribution in [0.2, 0.25) is 10.0 Å². The van der Waals surface area contributed by atoms with Gasteiger partial charge in [0, 0.05) is 15.7 Å². The molecule has 98 valence electrons. The number of hydrogen-bond donors (Lipinski definition) is 2. The monoisotopic (exact) mass is 358 g/mol. The van der Waals surface area contributed by atoms with Crippen LogP contribution >= 0.6 is 39.1 Å². The van der Waals surface area contributed by atoms with E-state index in [9.17, 15) is 4.79 Å². The first-order chi connectivity index (χ1) is 8.97. The van der Waals surface area contributed by atoms with E-state index in [4.69, 9.17) is 28.9 Å². The molecule has 0 spiro atoms. The molecule has 2 aromatic rings. The SMILES string of the molecule is Nc1cc(NC(=O)c2ccc(Cl)c(Br)c2)ccc1Cl. The number of nitrogen functional groups attached to an aromatic ring is 1. The number of carbonyl (C=O) groups is 1. The van der Waals surface area contributed by atoms with Crippen molar-refractivity contribution in [1.82, 2.24) is 0 Å². The van der Waals surface area contributed by atoms with Crippen LogP contribution < -0.4 is 11.1 Å². The van der Waals surface area contributed by atoms with Crippen molar-refractivity contribution >= 4 is 56.4 Å². The summed E-state index contributed by atoms with van der Waals surface area (Å²) in [7, 11) is 0. The van der Waals surface area contributed by atoms with Gasteiger partial charge in [-0.2, -0.15) is 0 Å². The third-order valence-corrected chi connectivity index (χ3v) is 3.99. The molecule has 0 aromatic heterocycles. The third-order valence-electron chi connectivity index (χ3n) is 2.44. The van der Waals surface area contributed by atoms with Gasteiger partial charge >= 0.3 is 0 Å². The summed E-state index contributed by atoms with van der Waals surface area (Å²) in [4.78, 5) is 12.0. The number of hydrogen-bond acceptors (Lipinski definition) is 2. The van der Waals surface area contributed by atoms with Crippen LogP contribution in [0.15, 0.2) is 40.9 Å². The predicted octanol–water partition coefficient (Wildman–Crippen LogP) is 4.59. The van der Waals surface area contributed by atoms with Crippen LogP contribution in [-0.2, 0) is 0 Å². The second-order valence-corrected chi connectivity index (χ2v) is 5.49. The highest BCUT2D eigenvalue weighted by atomic mass is 79.9. The Morgan fingerprint density at radius 2 is 1.79 bits per heavy atom. The van der Waals surface area contributed by atoms with Crippen molar-refractivity contribution in [3.05, 3.63) is 56.5 Å². The largest absolute Gasteiger partial charge is 0.397 e. The van der Waals surface area contributed by atoms with E-state index in [1.54, 1.807) is 36.4 Å². The zero-order chi connectivity index (χ0) is 14.0. The Labute approximate surface area is 128 Å². The average Bonchev–Trinajstić information content (AvgIpc) is 2.37. The van der Waals surface area contributed by atoms with E-state index in [2.05, 4.69) is 21.2 Å². The van der Waals surface area contributed by atoms with Gasteiger partial charge in [-0.3, -0.25) is 4.79 Å². The van der Waals surface area contributed by atoms with Gasteiger partial charge in [0.1, 0.15) is 0 Å². The summed E-state index contributed by atoms with van der Waals surface area (Å²) in [6, 6.07) is 9.85. The van der Waals surface area contributed by atoms with E-state index in [1.807, 2.05) is 0 Å². The second-order valence-electron chi connectivity index (χ2n) is 3.82. The lowest BCUT2D eigenvalue weighted by Gasteiger charge is -2.07. The van der Waals surface area contributed by atoms with Crippen molar-refractivity contribution in [2.24, 2.45) is 0 Å². The van der Waals surface area contributed by atoms with Crippen LogP contribution in [0.25, 0.3) is 0 Å². The molecule has 6 heteroatoms. The first kappa shape index (κ1) is 14.2. The summed E-state index contributed by atoms with van der Waals surface area (Å²) in [5, 5.41) is 3.73. The van der Waals surface area contributed by atoms with Crippen molar-refractivity contribution < 1.29 is 4.79 Å². The summed E-state index contributed by atoms with van der Waals surface area (Å²) in [5.74, 6) is -0.251. The van der Waals surface area contributed by atoms with Crippen LogP contribution in [0.3, 0.4) is 0 Å². The van der Waals surface area contributed by atoms with E-state index in [0.717, 1.165) is 0 Å². The van der Waals surface area contributed by atoms with E-state index >= 15 is 0 Å². The van der Waals surface area contributed by atoms with Crippen LogP contribution in [0.5, 0.6) is 0 Å². The number of nitrogens with one attached hydrogen (secondary N) is 1. The van der Waals surface area contributed by atoms with Crippen molar-refractivity contribution in [2.45, 2.75) is 0 Å². The van der Waals surface area contributed by atoms with Crippen LogP contribution in [0, 0.1) is 0 Å². The van der Waals surface area contributed by atoms with Crippen molar-refractivity contribution in [2.75, 3.05) is 11.1 Å². The summed E-state index contributed by atoms with van der Waals surface area (Å²) >= 11 is 15.0. The molecule has 1 amide bonds. The van der Waals surface area contributed by atoms with Gasteiger partial charge in [-0.1, -0.05) is 23.2 Å². The minimum Gasteiger partial charge on any atom is -0.397 e. The Balaban J connectivity index is 2.20. The van der Waals surface area contributed by atoms with Crippen molar-refractivity contribution in [3.8, 4) is 0 Å². The van der Waals surface area contributed by atoms with Gasteiger partial charge in [-0.05, 0) is 52.3 Å². The highest BCUT2D eigenvalue weighted by Crippen LogP contribution is 2.25. The Bertz CT molecular complexity index is 647. The third kappa shape index (κ3) is 3.41. The molecule has 0 fully saturated rings. The molecule has 3 N–H and O–H groups in total. The number of anilines is 2. The molecule has 0 aliphatic heterocycles. The van der Waals surface area contributed by atoms with E-state index in [0.29, 0.717) is 31.5 Å². The lowest BCUT2D eigenvalue weighted by molar-refractivity contribution is 0.102. The summed E-state index contributed by atoms with van der Waals surface area (Å²) in [5.41, 5.74) is 7.16. The van der Waals surface area contributed by atoms with E-state index in [1.165, 1.54) is 0 Å². The molecular formula is C13H9BrCl2N2O. The first-order valence-corrected chi connectivity index (χ1v) is 6.83. The topological polar surface area (TPSA) is 55.1 Å². The molecule has 0 aliphatic rings. The predicted molar refractivity (Wildman–Crippen MR) is 83.0 cm³/mol. The molecule has 19 heavy (non-hydrogen) atoms. The Kier molecular flexibility index (Phi) is 4.34. The highest BCUT2D eigenvalue weighted by Gasteiger charge is 2.09. The fourth-order valence-electron chi connectivity index (χ4n) is 1.46. The number of amides is 1. The van der Waals surface area contributed by atoms with Gasteiger partial charge in [0.15, 0.2) is 0 Å². The Hall–Kier alpha value is -1.23. The molecular weight excluding hydrogens is 351 g/mol. The zero-order valence-corrected chi connectivity index (χ0v) is 12.7. The van der Waals surface area contributed by atoms with Crippen LogP contribution in [0.1, 0.15) is 10.4 Å².